The van der Waals surface area contributed by atoms with E-state index in [0.717, 1.165) is 55.7 Å². The number of hydrogen-bond donors (Lipinski definition) is 1. The zero-order valence-corrected chi connectivity index (χ0v) is 26.7. The Morgan fingerprint density at radius 3 is 2.57 bits per heavy atom. The summed E-state index contributed by atoms with van der Waals surface area (Å²) in [6.45, 7) is 11.2. The fraction of sp³-hybridized carbons (Fsp3) is 0.412. The highest BCUT2D eigenvalue weighted by molar-refractivity contribution is 6.33. The normalized spacial score (nSPS) is 17.7. The molecule has 0 radical (unpaired) electrons. The van der Waals surface area contributed by atoms with E-state index in [1.54, 1.807) is 16.8 Å². The van der Waals surface area contributed by atoms with E-state index in [1.807, 2.05) is 36.9 Å². The first-order chi connectivity index (χ1) is 21.2. The van der Waals surface area contributed by atoms with E-state index in [9.17, 15) is 9.59 Å². The van der Waals surface area contributed by atoms with Gasteiger partial charge in [0.15, 0.2) is 0 Å². The number of amides is 1. The maximum atomic E-state index is 14.4. The summed E-state index contributed by atoms with van der Waals surface area (Å²) < 4.78 is 1.78. The highest BCUT2D eigenvalue weighted by Gasteiger charge is 2.29. The molecule has 44 heavy (non-hydrogen) atoms. The molecule has 4 heterocycles. The second-order valence-corrected chi connectivity index (χ2v) is 12.4. The van der Waals surface area contributed by atoms with Gasteiger partial charge in [-0.05, 0) is 69.1 Å². The molecular formula is C34H40ClN7O2. The van der Waals surface area contributed by atoms with Crippen LogP contribution in [-0.2, 0) is 4.79 Å². The molecule has 2 fully saturated rings. The number of nitrogens with zero attached hydrogens (tertiary/aromatic N) is 6. The summed E-state index contributed by atoms with van der Waals surface area (Å²) in [6, 6.07) is 13.5. The van der Waals surface area contributed by atoms with Gasteiger partial charge in [0.1, 0.15) is 5.65 Å². The molecule has 9 nitrogen and oxygen atoms in total. The van der Waals surface area contributed by atoms with Gasteiger partial charge < -0.3 is 20.0 Å². The third-order valence-electron chi connectivity index (χ3n) is 9.07. The second kappa shape index (κ2) is 12.6. The number of hydrogen-bond acceptors (Lipinski definition) is 7. The number of piperazine rings is 1. The van der Waals surface area contributed by atoms with Gasteiger partial charge in [-0.3, -0.25) is 14.2 Å². The number of fused-ring (bicyclic) bond motifs is 1. The predicted octanol–water partition coefficient (Wildman–Crippen LogP) is 5.80. The lowest BCUT2D eigenvalue weighted by Crippen LogP contribution is -2.44. The Morgan fingerprint density at radius 2 is 1.84 bits per heavy atom. The molecule has 1 N–H and O–H groups in total. The Morgan fingerprint density at radius 1 is 1.07 bits per heavy atom. The second-order valence-electron chi connectivity index (χ2n) is 12.0. The highest BCUT2D eigenvalue weighted by atomic mass is 35.5. The zero-order valence-electron chi connectivity index (χ0n) is 25.9. The van der Waals surface area contributed by atoms with Gasteiger partial charge in [0.25, 0.3) is 5.56 Å². The van der Waals surface area contributed by atoms with Gasteiger partial charge in [-0.1, -0.05) is 36.7 Å². The number of aromatic nitrogens is 3. The minimum Gasteiger partial charge on any atom is -0.369 e. The monoisotopic (exact) mass is 613 g/mol. The fourth-order valence-electron chi connectivity index (χ4n) is 6.59. The number of carbonyl (C=O) groups is 1. The molecule has 230 valence electrons. The van der Waals surface area contributed by atoms with Gasteiger partial charge >= 0.3 is 0 Å². The highest BCUT2D eigenvalue weighted by Crippen LogP contribution is 2.34. The lowest BCUT2D eigenvalue weighted by atomic mass is 9.98. The van der Waals surface area contributed by atoms with Crippen molar-refractivity contribution in [2.45, 2.75) is 46.1 Å². The van der Waals surface area contributed by atoms with Gasteiger partial charge in [-0.2, -0.15) is 4.98 Å². The molecule has 2 aliphatic heterocycles. The van der Waals surface area contributed by atoms with Gasteiger partial charge in [-0.25, -0.2) is 4.98 Å². The first-order valence-electron chi connectivity index (χ1n) is 15.5. The van der Waals surface area contributed by atoms with E-state index in [-0.39, 0.29) is 17.5 Å². The third-order valence-corrected chi connectivity index (χ3v) is 9.39. The quantitative estimate of drug-likeness (QED) is 0.294. The fourth-order valence-corrected chi connectivity index (χ4v) is 6.82. The van der Waals surface area contributed by atoms with Crippen molar-refractivity contribution in [2.24, 2.45) is 0 Å². The number of piperidine rings is 1. The SMILES string of the molecule is CCC(=O)N1CCC[C@@H](n2c(=O)c(-c3ccccc3Cl)c(C)c3cnc(Nc4ccc(N5CCN(C)CC5)c(C)c4)nc32)C1. The predicted molar refractivity (Wildman–Crippen MR) is 178 cm³/mol. The van der Waals surface area contributed by atoms with Crippen LogP contribution < -0.4 is 15.8 Å². The molecule has 0 aliphatic carbocycles. The lowest BCUT2D eigenvalue weighted by Gasteiger charge is -2.35. The van der Waals surface area contributed by atoms with E-state index in [1.165, 1.54) is 11.3 Å². The van der Waals surface area contributed by atoms with Gasteiger partial charge in [0.05, 0.1) is 11.6 Å². The molecule has 10 heteroatoms. The average Bonchev–Trinajstić information content (AvgIpc) is 3.02. The van der Waals surface area contributed by atoms with Crippen molar-refractivity contribution in [2.75, 3.05) is 56.5 Å². The number of carbonyl (C=O) groups excluding carboxylic acids is 1. The number of nitrogens with one attached hydrogen (secondary N) is 1. The molecule has 0 spiro atoms. The standard InChI is InChI=1S/C34H40ClN7O2/c1-5-30(43)41-14-8-9-25(21-41)42-32-27(23(3)31(33(42)44)26-10-6-7-11-28(26)35)20-36-34(38-32)37-24-12-13-29(22(2)19-24)40-17-15-39(4)16-18-40/h6-7,10-13,19-20,25H,5,8-9,14-18,21H2,1-4H3,(H,36,37,38)/t25-/m1/s1. The van der Waals surface area contributed by atoms with Crippen molar-refractivity contribution < 1.29 is 4.79 Å². The third kappa shape index (κ3) is 5.78. The van der Waals surface area contributed by atoms with Crippen LogP contribution in [0.5, 0.6) is 0 Å². The molecule has 2 aromatic heterocycles. The minimum atomic E-state index is -0.219. The van der Waals surface area contributed by atoms with Crippen LogP contribution in [0.15, 0.2) is 53.5 Å². The van der Waals surface area contributed by atoms with Crippen LogP contribution in [0.4, 0.5) is 17.3 Å². The summed E-state index contributed by atoms with van der Waals surface area (Å²) in [4.78, 5) is 43.4. The zero-order chi connectivity index (χ0) is 31.0. The van der Waals surface area contributed by atoms with Crippen LogP contribution >= 0.6 is 11.6 Å². The van der Waals surface area contributed by atoms with Crippen LogP contribution in [0.3, 0.4) is 0 Å². The van der Waals surface area contributed by atoms with Crippen molar-refractivity contribution in [3.8, 4) is 11.1 Å². The van der Waals surface area contributed by atoms with Crippen LogP contribution in [0, 0.1) is 13.8 Å². The maximum Gasteiger partial charge on any atom is 0.260 e. The van der Waals surface area contributed by atoms with Crippen LogP contribution in [0.25, 0.3) is 22.2 Å². The molecule has 6 rings (SSSR count). The topological polar surface area (TPSA) is 86.6 Å². The largest absolute Gasteiger partial charge is 0.369 e. The summed E-state index contributed by atoms with van der Waals surface area (Å²) in [5, 5.41) is 4.68. The number of rotatable bonds is 6. The molecule has 0 saturated carbocycles. The van der Waals surface area contributed by atoms with Gasteiger partial charge in [0, 0.05) is 79.2 Å². The number of pyridine rings is 1. The Kier molecular flexibility index (Phi) is 8.60. The molecule has 2 aromatic carbocycles. The van der Waals surface area contributed by atoms with Crippen molar-refractivity contribution in [3.05, 3.63) is 75.2 Å². The number of halogens is 1. The Bertz CT molecular complexity index is 1760. The average molecular weight is 614 g/mol. The van der Waals surface area contributed by atoms with E-state index in [2.05, 4.69) is 47.3 Å². The van der Waals surface area contributed by atoms with E-state index in [0.29, 0.717) is 47.3 Å². The number of anilines is 3. The summed E-state index contributed by atoms with van der Waals surface area (Å²) in [6.07, 6.45) is 3.81. The first-order valence-corrected chi connectivity index (χ1v) is 15.9. The molecule has 4 aromatic rings. The Hall–Kier alpha value is -3.95. The van der Waals surface area contributed by atoms with Crippen molar-refractivity contribution >= 4 is 45.9 Å². The minimum absolute atomic E-state index is 0.0952. The van der Waals surface area contributed by atoms with Crippen LogP contribution in [-0.4, -0.2) is 76.6 Å². The lowest BCUT2D eigenvalue weighted by molar-refractivity contribution is -0.132. The first kappa shape index (κ1) is 30.1. The number of likely N-dealkylation sites (tertiary alicyclic amines) is 1. The van der Waals surface area contributed by atoms with E-state index in [4.69, 9.17) is 21.6 Å². The molecule has 2 aliphatic rings. The smallest absolute Gasteiger partial charge is 0.260 e. The molecule has 1 atom stereocenters. The van der Waals surface area contributed by atoms with Gasteiger partial charge in [0.2, 0.25) is 11.9 Å². The summed E-state index contributed by atoms with van der Waals surface area (Å²) in [5.74, 6) is 0.512. The van der Waals surface area contributed by atoms with Crippen molar-refractivity contribution in [1.82, 2.24) is 24.3 Å². The number of aryl methyl sites for hydroxylation is 2. The molecule has 2 saturated heterocycles. The summed E-state index contributed by atoms with van der Waals surface area (Å²) in [5.41, 5.74) is 5.71. The van der Waals surface area contributed by atoms with Crippen molar-refractivity contribution in [1.29, 1.82) is 0 Å². The maximum absolute atomic E-state index is 14.4. The molecule has 1 amide bonds. The van der Waals surface area contributed by atoms with Crippen LogP contribution in [0.1, 0.15) is 43.4 Å². The molecule has 0 unspecified atom stereocenters. The van der Waals surface area contributed by atoms with Crippen LogP contribution in [0.2, 0.25) is 5.02 Å². The van der Waals surface area contributed by atoms with E-state index >= 15 is 0 Å². The summed E-state index contributed by atoms with van der Waals surface area (Å²) in [7, 11) is 2.16. The molecule has 0 bridgehead atoms. The molecular weight excluding hydrogens is 574 g/mol. The van der Waals surface area contributed by atoms with Gasteiger partial charge in [-0.15, -0.1) is 0 Å². The number of likely N-dealkylation sites (N-methyl/N-ethyl adjacent to an activating group) is 1. The van der Waals surface area contributed by atoms with Crippen molar-refractivity contribution in [3.63, 3.8) is 0 Å². The Balaban J connectivity index is 1.42. The summed E-state index contributed by atoms with van der Waals surface area (Å²) >= 11 is 6.62. The Labute approximate surface area is 263 Å². The number of benzene rings is 2. The van der Waals surface area contributed by atoms with E-state index < -0.39 is 0 Å².